The summed E-state index contributed by atoms with van der Waals surface area (Å²) in [7, 11) is 0. The van der Waals surface area contributed by atoms with Crippen LogP contribution in [-0.2, 0) is 22.2 Å². The summed E-state index contributed by atoms with van der Waals surface area (Å²) in [6.45, 7) is 1.99. The SMILES string of the molecule is Cl.O=C(/C=C/C=C(\c1ccc(N2CCCCC2)cc1)c1ccc(C(F)(F)F)cc1)Nc1cccc2c1CC(O)C(=O)N2. The molecule has 0 spiro atoms. The number of piperidine rings is 1. The maximum Gasteiger partial charge on any atom is 0.416 e. The van der Waals surface area contributed by atoms with Gasteiger partial charge in [-0.15, -0.1) is 12.4 Å². The van der Waals surface area contributed by atoms with Crippen LogP contribution >= 0.6 is 12.4 Å². The normalized spacial score (nSPS) is 17.3. The minimum absolute atomic E-state index is 0. The number of anilines is 3. The molecule has 0 radical (unpaired) electrons. The van der Waals surface area contributed by atoms with E-state index in [1.807, 2.05) is 24.3 Å². The third kappa shape index (κ3) is 7.21. The Bertz CT molecular complexity index is 1480. The number of carbonyl (C=O) groups is 2. The molecule has 2 aliphatic rings. The molecule has 3 aromatic rings. The van der Waals surface area contributed by atoms with Crippen LogP contribution in [0.2, 0.25) is 0 Å². The van der Waals surface area contributed by atoms with Crippen LogP contribution in [0.4, 0.5) is 30.2 Å². The number of rotatable bonds is 6. The van der Waals surface area contributed by atoms with Crippen molar-refractivity contribution in [3.05, 3.63) is 107 Å². The Kier molecular flexibility index (Phi) is 9.75. The first-order valence-corrected chi connectivity index (χ1v) is 13.5. The van der Waals surface area contributed by atoms with E-state index in [1.54, 1.807) is 30.4 Å². The van der Waals surface area contributed by atoms with Gasteiger partial charge in [0.2, 0.25) is 5.91 Å². The molecule has 5 rings (SSSR count). The molecule has 0 bridgehead atoms. The van der Waals surface area contributed by atoms with Crippen molar-refractivity contribution in [3.8, 4) is 0 Å². The highest BCUT2D eigenvalue weighted by molar-refractivity contribution is 6.03. The predicted molar refractivity (Wildman–Crippen MR) is 161 cm³/mol. The Labute approximate surface area is 248 Å². The summed E-state index contributed by atoms with van der Waals surface area (Å²) in [5.41, 5.74) is 4.03. The molecular weight excluding hydrogens is 567 g/mol. The fourth-order valence-corrected chi connectivity index (χ4v) is 5.15. The molecule has 0 aromatic heterocycles. The van der Waals surface area contributed by atoms with Crippen LogP contribution in [0.1, 0.15) is 41.5 Å². The van der Waals surface area contributed by atoms with Gasteiger partial charge in [-0.05, 0) is 72.4 Å². The van der Waals surface area contributed by atoms with Crippen LogP contribution in [0.5, 0.6) is 0 Å². The lowest BCUT2D eigenvalue weighted by Gasteiger charge is -2.29. The second-order valence-electron chi connectivity index (χ2n) is 10.1. The van der Waals surface area contributed by atoms with Crippen LogP contribution in [0, 0.1) is 0 Å². The van der Waals surface area contributed by atoms with Gasteiger partial charge in [0.15, 0.2) is 0 Å². The first-order valence-electron chi connectivity index (χ1n) is 13.5. The van der Waals surface area contributed by atoms with E-state index < -0.39 is 29.7 Å². The Balaban J connectivity index is 0.00000405. The number of halogens is 4. The topological polar surface area (TPSA) is 81.7 Å². The lowest BCUT2D eigenvalue weighted by Crippen LogP contribution is -2.34. The van der Waals surface area contributed by atoms with Gasteiger partial charge in [-0.3, -0.25) is 9.59 Å². The number of aliphatic hydroxyl groups excluding tert-OH is 1. The summed E-state index contributed by atoms with van der Waals surface area (Å²) >= 11 is 0. The molecular formula is C32H31ClF3N3O3. The van der Waals surface area contributed by atoms with Crippen LogP contribution < -0.4 is 15.5 Å². The first-order chi connectivity index (χ1) is 19.7. The van der Waals surface area contributed by atoms with E-state index in [9.17, 15) is 27.9 Å². The number of nitrogens with zero attached hydrogens (tertiary/aromatic N) is 1. The first kappa shape index (κ1) is 30.9. The Morgan fingerprint density at radius 3 is 2.24 bits per heavy atom. The van der Waals surface area contributed by atoms with Crippen molar-refractivity contribution >= 4 is 46.9 Å². The van der Waals surface area contributed by atoms with Gasteiger partial charge in [0.1, 0.15) is 6.10 Å². The zero-order valence-corrected chi connectivity index (χ0v) is 23.5. The molecule has 2 aliphatic heterocycles. The molecule has 2 amide bonds. The number of fused-ring (bicyclic) bond motifs is 1. The molecule has 1 saturated heterocycles. The van der Waals surface area contributed by atoms with Crippen molar-refractivity contribution < 1.29 is 27.9 Å². The highest BCUT2D eigenvalue weighted by Crippen LogP contribution is 2.33. The maximum absolute atomic E-state index is 13.2. The molecule has 0 aliphatic carbocycles. The minimum atomic E-state index is -4.44. The van der Waals surface area contributed by atoms with Crippen molar-refractivity contribution in [2.45, 2.75) is 38.0 Å². The minimum Gasteiger partial charge on any atom is -0.383 e. The zero-order chi connectivity index (χ0) is 29.0. The van der Waals surface area contributed by atoms with Crippen molar-refractivity contribution in [3.63, 3.8) is 0 Å². The molecule has 2 heterocycles. The number of benzene rings is 3. The fourth-order valence-electron chi connectivity index (χ4n) is 5.15. The number of amides is 2. The van der Waals surface area contributed by atoms with Gasteiger partial charge in [-0.1, -0.05) is 42.5 Å². The zero-order valence-electron chi connectivity index (χ0n) is 22.7. The van der Waals surface area contributed by atoms with E-state index in [-0.39, 0.29) is 18.8 Å². The summed E-state index contributed by atoms with van der Waals surface area (Å²) in [5.74, 6) is -0.931. The number of allylic oxidation sites excluding steroid dienone is 2. The van der Waals surface area contributed by atoms with Gasteiger partial charge >= 0.3 is 6.18 Å². The fraction of sp³-hybridized carbons (Fsp3) is 0.250. The van der Waals surface area contributed by atoms with E-state index in [4.69, 9.17) is 0 Å². The summed E-state index contributed by atoms with van der Waals surface area (Å²) in [5, 5.41) is 15.3. The number of carbonyl (C=O) groups excluding carboxylic acids is 2. The Morgan fingerprint density at radius 1 is 0.952 bits per heavy atom. The van der Waals surface area contributed by atoms with E-state index in [2.05, 4.69) is 15.5 Å². The van der Waals surface area contributed by atoms with E-state index in [0.717, 1.165) is 49.3 Å². The molecule has 1 fully saturated rings. The van der Waals surface area contributed by atoms with Gasteiger partial charge in [0.05, 0.1) is 5.56 Å². The second kappa shape index (κ2) is 13.3. The van der Waals surface area contributed by atoms with Crippen molar-refractivity contribution in [2.75, 3.05) is 28.6 Å². The molecule has 1 atom stereocenters. The van der Waals surface area contributed by atoms with Crippen molar-refractivity contribution in [1.29, 1.82) is 0 Å². The lowest BCUT2D eigenvalue weighted by atomic mass is 9.96. The standard InChI is InChI=1S/C32H30F3N3O3.ClH/c33-32(34,35)23-14-10-21(11-15-23)25(22-12-16-24(17-13-22)38-18-2-1-3-19-38)6-4-9-30(40)36-27-7-5-8-28-26(27)20-29(39)31(41)37-28;/h4-17,29,39H,1-3,18-20H2,(H,36,40)(H,37,41);1H/b9-4+,25-6-;. The monoisotopic (exact) mass is 597 g/mol. The molecule has 1 unspecified atom stereocenters. The average Bonchev–Trinajstić information content (AvgIpc) is 2.97. The number of alkyl halides is 3. The van der Waals surface area contributed by atoms with E-state index in [0.29, 0.717) is 28.1 Å². The molecule has 6 nitrogen and oxygen atoms in total. The van der Waals surface area contributed by atoms with Gasteiger partial charge < -0.3 is 20.6 Å². The largest absolute Gasteiger partial charge is 0.416 e. The highest BCUT2D eigenvalue weighted by atomic mass is 35.5. The molecule has 0 saturated carbocycles. The summed E-state index contributed by atoms with van der Waals surface area (Å²) < 4.78 is 39.5. The molecule has 3 N–H and O–H groups in total. The molecule has 220 valence electrons. The third-order valence-corrected chi connectivity index (χ3v) is 7.33. The van der Waals surface area contributed by atoms with Gasteiger partial charge in [-0.25, -0.2) is 0 Å². The Hall–Kier alpha value is -4.08. The van der Waals surface area contributed by atoms with Gasteiger partial charge in [0.25, 0.3) is 5.91 Å². The molecule has 3 aromatic carbocycles. The van der Waals surface area contributed by atoms with Crippen LogP contribution in [-0.4, -0.2) is 36.1 Å². The average molecular weight is 598 g/mol. The molecule has 10 heteroatoms. The summed E-state index contributed by atoms with van der Waals surface area (Å²) in [6, 6.07) is 17.9. The number of aliphatic hydroxyl groups is 1. The lowest BCUT2D eigenvalue weighted by molar-refractivity contribution is -0.137. The molecule has 42 heavy (non-hydrogen) atoms. The number of hydrogen-bond acceptors (Lipinski definition) is 4. The number of hydrogen-bond donors (Lipinski definition) is 3. The quantitative estimate of drug-likeness (QED) is 0.221. The van der Waals surface area contributed by atoms with Crippen LogP contribution in [0.3, 0.4) is 0 Å². The van der Waals surface area contributed by atoms with Gasteiger partial charge in [-0.2, -0.15) is 13.2 Å². The van der Waals surface area contributed by atoms with E-state index in [1.165, 1.54) is 24.6 Å². The van der Waals surface area contributed by atoms with E-state index >= 15 is 0 Å². The number of nitrogens with one attached hydrogen (secondary N) is 2. The summed E-state index contributed by atoms with van der Waals surface area (Å²) in [4.78, 5) is 26.9. The van der Waals surface area contributed by atoms with Crippen molar-refractivity contribution in [2.24, 2.45) is 0 Å². The maximum atomic E-state index is 13.2. The second-order valence-corrected chi connectivity index (χ2v) is 10.1. The van der Waals surface area contributed by atoms with Crippen molar-refractivity contribution in [1.82, 2.24) is 0 Å². The van der Waals surface area contributed by atoms with Crippen LogP contribution in [0.25, 0.3) is 5.57 Å². The predicted octanol–water partition coefficient (Wildman–Crippen LogP) is 6.60. The van der Waals surface area contributed by atoms with Gasteiger partial charge in [0, 0.05) is 48.2 Å². The third-order valence-electron chi connectivity index (χ3n) is 7.33. The Morgan fingerprint density at radius 2 is 1.60 bits per heavy atom. The highest BCUT2D eigenvalue weighted by Gasteiger charge is 2.30. The smallest absolute Gasteiger partial charge is 0.383 e. The summed E-state index contributed by atoms with van der Waals surface area (Å²) in [6.07, 6.45) is 2.52. The van der Waals surface area contributed by atoms with Crippen LogP contribution in [0.15, 0.2) is 85.0 Å².